The van der Waals surface area contributed by atoms with Crippen LogP contribution in [0.4, 0.5) is 0 Å². The standard InChI is InChI=1S/C20H33ClO/c1-2-3-4-5-6-9-13-18-15-12-16-19(18)14-10-7-8-11-17-20(21)22/h7-8,11,17-19H,2-6,9-10,12-16H2,1H3/t18-,19-/m0/s1. The van der Waals surface area contributed by atoms with Crippen LogP contribution in [0.25, 0.3) is 0 Å². The first-order valence-corrected chi connectivity index (χ1v) is 9.64. The van der Waals surface area contributed by atoms with Crippen LogP contribution in [0, 0.1) is 11.8 Å². The fraction of sp³-hybridized carbons (Fsp3) is 0.750. The molecule has 0 bridgehead atoms. The second-order valence-corrected chi connectivity index (χ2v) is 7.05. The topological polar surface area (TPSA) is 17.1 Å². The molecule has 0 aromatic rings. The Bertz CT molecular complexity index is 346. The number of hydrogen-bond donors (Lipinski definition) is 0. The summed E-state index contributed by atoms with van der Waals surface area (Å²) < 4.78 is 0. The maximum atomic E-state index is 10.6. The highest BCUT2D eigenvalue weighted by Gasteiger charge is 2.25. The monoisotopic (exact) mass is 324 g/mol. The molecule has 0 aromatic carbocycles. The fourth-order valence-electron chi connectivity index (χ4n) is 3.68. The number of carbonyl (C=O) groups is 1. The number of allylic oxidation sites excluding steroid dienone is 4. The molecule has 0 aliphatic heterocycles. The van der Waals surface area contributed by atoms with E-state index >= 15 is 0 Å². The summed E-state index contributed by atoms with van der Waals surface area (Å²) in [5, 5.41) is -0.403. The van der Waals surface area contributed by atoms with Crippen molar-refractivity contribution < 1.29 is 4.79 Å². The number of carbonyl (C=O) groups excluding carboxylic acids is 1. The van der Waals surface area contributed by atoms with Gasteiger partial charge in [-0.05, 0) is 42.4 Å². The van der Waals surface area contributed by atoms with Crippen LogP contribution in [0.2, 0.25) is 0 Å². The van der Waals surface area contributed by atoms with Gasteiger partial charge in [0.2, 0.25) is 5.24 Å². The maximum Gasteiger partial charge on any atom is 0.245 e. The Hall–Kier alpha value is -0.560. The normalized spacial score (nSPS) is 22.1. The minimum absolute atomic E-state index is 0.403. The number of hydrogen-bond acceptors (Lipinski definition) is 1. The number of rotatable bonds is 12. The highest BCUT2D eigenvalue weighted by atomic mass is 35.5. The van der Waals surface area contributed by atoms with Crippen molar-refractivity contribution in [1.82, 2.24) is 0 Å². The highest BCUT2D eigenvalue weighted by Crippen LogP contribution is 2.38. The first-order valence-electron chi connectivity index (χ1n) is 9.26. The van der Waals surface area contributed by atoms with E-state index in [1.165, 1.54) is 76.7 Å². The lowest BCUT2D eigenvalue weighted by molar-refractivity contribution is -0.107. The molecule has 126 valence electrons. The molecule has 0 aromatic heterocycles. The molecule has 2 heteroatoms. The smallest absolute Gasteiger partial charge is 0.245 e. The molecule has 0 unspecified atom stereocenters. The molecule has 0 N–H and O–H groups in total. The molecular weight excluding hydrogens is 292 g/mol. The van der Waals surface area contributed by atoms with E-state index in [0.717, 1.165) is 18.3 Å². The van der Waals surface area contributed by atoms with Crippen molar-refractivity contribution in [3.05, 3.63) is 24.3 Å². The van der Waals surface area contributed by atoms with Gasteiger partial charge in [-0.3, -0.25) is 4.79 Å². The molecule has 0 heterocycles. The van der Waals surface area contributed by atoms with Gasteiger partial charge in [0.15, 0.2) is 0 Å². The van der Waals surface area contributed by atoms with Gasteiger partial charge in [-0.1, -0.05) is 89.4 Å². The lowest BCUT2D eigenvalue weighted by Gasteiger charge is -2.18. The highest BCUT2D eigenvalue weighted by molar-refractivity contribution is 6.66. The van der Waals surface area contributed by atoms with Gasteiger partial charge in [0.1, 0.15) is 0 Å². The molecule has 0 radical (unpaired) electrons. The summed E-state index contributed by atoms with van der Waals surface area (Å²) in [6, 6.07) is 0. The largest absolute Gasteiger partial charge is 0.276 e. The third-order valence-electron chi connectivity index (χ3n) is 4.92. The van der Waals surface area contributed by atoms with Crippen LogP contribution in [0.15, 0.2) is 24.3 Å². The van der Waals surface area contributed by atoms with E-state index in [9.17, 15) is 4.79 Å². The van der Waals surface area contributed by atoms with Gasteiger partial charge in [-0.15, -0.1) is 0 Å². The van der Waals surface area contributed by atoms with Gasteiger partial charge >= 0.3 is 0 Å². The van der Waals surface area contributed by atoms with Crippen molar-refractivity contribution in [2.24, 2.45) is 11.8 Å². The molecule has 22 heavy (non-hydrogen) atoms. The van der Waals surface area contributed by atoms with Gasteiger partial charge in [0.05, 0.1) is 0 Å². The van der Waals surface area contributed by atoms with Crippen LogP contribution in [-0.4, -0.2) is 5.24 Å². The minimum Gasteiger partial charge on any atom is -0.276 e. The quantitative estimate of drug-likeness (QED) is 0.167. The molecule has 0 spiro atoms. The van der Waals surface area contributed by atoms with Gasteiger partial charge in [0.25, 0.3) is 0 Å². The Labute approximate surface area is 142 Å². The molecule has 2 atom stereocenters. The summed E-state index contributed by atoms with van der Waals surface area (Å²) in [5.74, 6) is 1.90. The van der Waals surface area contributed by atoms with Crippen molar-refractivity contribution >= 4 is 16.8 Å². The van der Waals surface area contributed by atoms with E-state index in [0.29, 0.717) is 0 Å². The van der Waals surface area contributed by atoms with Crippen LogP contribution < -0.4 is 0 Å². The predicted molar refractivity (Wildman–Crippen MR) is 97.2 cm³/mol. The zero-order chi connectivity index (χ0) is 16.0. The first kappa shape index (κ1) is 19.5. The fourth-order valence-corrected chi connectivity index (χ4v) is 3.75. The molecular formula is C20H33ClO. The Morgan fingerprint density at radius 3 is 2.41 bits per heavy atom. The second-order valence-electron chi connectivity index (χ2n) is 6.68. The molecule has 1 nitrogen and oxygen atoms in total. The molecule has 1 aliphatic carbocycles. The average Bonchev–Trinajstić information content (AvgIpc) is 2.93. The molecule has 1 saturated carbocycles. The number of halogens is 1. The number of unbranched alkanes of at least 4 members (excludes halogenated alkanes) is 5. The lowest BCUT2D eigenvalue weighted by Crippen LogP contribution is -2.07. The van der Waals surface area contributed by atoms with Crippen LogP contribution in [0.1, 0.15) is 84.0 Å². The van der Waals surface area contributed by atoms with Gasteiger partial charge in [-0.25, -0.2) is 0 Å². The van der Waals surface area contributed by atoms with E-state index in [-0.39, 0.29) is 0 Å². The van der Waals surface area contributed by atoms with Gasteiger partial charge < -0.3 is 0 Å². The Morgan fingerprint density at radius 2 is 1.68 bits per heavy atom. The lowest BCUT2D eigenvalue weighted by atomic mass is 9.87. The average molecular weight is 325 g/mol. The van der Waals surface area contributed by atoms with Crippen molar-refractivity contribution in [2.45, 2.75) is 84.0 Å². The van der Waals surface area contributed by atoms with E-state index < -0.39 is 5.24 Å². The van der Waals surface area contributed by atoms with E-state index in [4.69, 9.17) is 11.6 Å². The van der Waals surface area contributed by atoms with E-state index in [2.05, 4.69) is 13.0 Å². The SMILES string of the molecule is CCCCCCCC[C@H]1CCC[C@@H]1CCC=CC=CC(=O)Cl. The summed E-state index contributed by atoms with van der Waals surface area (Å²) in [4.78, 5) is 10.6. The predicted octanol–water partition coefficient (Wildman–Crippen LogP) is 6.81. The Kier molecular flexibility index (Phi) is 11.5. The van der Waals surface area contributed by atoms with Gasteiger partial charge in [0, 0.05) is 0 Å². The molecule has 1 fully saturated rings. The van der Waals surface area contributed by atoms with Crippen molar-refractivity contribution in [3.8, 4) is 0 Å². The summed E-state index contributed by atoms with van der Waals surface area (Å²) in [5.41, 5.74) is 0. The Balaban J connectivity index is 2.11. The molecule has 0 saturated heterocycles. The van der Waals surface area contributed by atoms with E-state index in [1.807, 2.05) is 6.08 Å². The molecule has 1 rings (SSSR count). The van der Waals surface area contributed by atoms with Crippen molar-refractivity contribution in [1.29, 1.82) is 0 Å². The summed E-state index contributed by atoms with van der Waals surface area (Å²) in [6.07, 6.45) is 23.9. The summed E-state index contributed by atoms with van der Waals surface area (Å²) >= 11 is 5.24. The van der Waals surface area contributed by atoms with Gasteiger partial charge in [-0.2, -0.15) is 0 Å². The zero-order valence-corrected chi connectivity index (χ0v) is 15.0. The third-order valence-corrected chi connectivity index (χ3v) is 5.05. The Morgan fingerprint density at radius 1 is 1.00 bits per heavy atom. The van der Waals surface area contributed by atoms with Crippen molar-refractivity contribution in [3.63, 3.8) is 0 Å². The molecule has 0 amide bonds. The summed E-state index contributed by atoms with van der Waals surface area (Å²) in [7, 11) is 0. The third kappa shape index (κ3) is 9.46. The maximum absolute atomic E-state index is 10.6. The second kappa shape index (κ2) is 12.9. The van der Waals surface area contributed by atoms with Crippen LogP contribution >= 0.6 is 11.6 Å². The molecule has 1 aliphatic rings. The van der Waals surface area contributed by atoms with Crippen LogP contribution in [0.3, 0.4) is 0 Å². The zero-order valence-electron chi connectivity index (χ0n) is 14.2. The minimum atomic E-state index is -0.403. The van der Waals surface area contributed by atoms with E-state index in [1.54, 1.807) is 6.08 Å². The van der Waals surface area contributed by atoms with Crippen LogP contribution in [0.5, 0.6) is 0 Å². The first-order chi connectivity index (χ1) is 10.7. The van der Waals surface area contributed by atoms with Crippen molar-refractivity contribution in [2.75, 3.05) is 0 Å². The van der Waals surface area contributed by atoms with Crippen LogP contribution in [-0.2, 0) is 4.79 Å². The summed E-state index contributed by atoms with van der Waals surface area (Å²) in [6.45, 7) is 2.28.